The van der Waals surface area contributed by atoms with Crippen LogP contribution in [0.15, 0.2) is 30.3 Å². The number of carbonyl (C=O) groups excluding carboxylic acids is 1. The van der Waals surface area contributed by atoms with E-state index in [0.717, 1.165) is 10.6 Å². The van der Waals surface area contributed by atoms with Crippen LogP contribution in [0.2, 0.25) is 0 Å². The van der Waals surface area contributed by atoms with Crippen molar-refractivity contribution in [3.63, 3.8) is 0 Å². The number of rotatable bonds is 2. The first-order chi connectivity index (χ1) is 8.09. The molecule has 1 aliphatic rings. The van der Waals surface area contributed by atoms with Crippen LogP contribution < -0.4 is 5.43 Å². The standard InChI is InChI=1S/C11H12N2O4/c14-9-6-8(7-4-2-1-3-5-7)13(10(9)15)12-11(16)17/h1-5,8-9,12,14H,6H2,(H,16,17)/t8-,9+/m0/s1. The zero-order valence-electron chi connectivity index (χ0n) is 8.91. The molecule has 0 unspecified atom stereocenters. The Morgan fingerprint density at radius 2 is 2.00 bits per heavy atom. The van der Waals surface area contributed by atoms with Gasteiger partial charge >= 0.3 is 6.09 Å². The Labute approximate surface area is 97.4 Å². The van der Waals surface area contributed by atoms with Crippen molar-refractivity contribution >= 4 is 12.0 Å². The summed E-state index contributed by atoms with van der Waals surface area (Å²) in [6, 6.07) is 8.52. The molecule has 0 bridgehead atoms. The van der Waals surface area contributed by atoms with Crippen LogP contribution in [0, 0.1) is 0 Å². The molecule has 1 aromatic rings. The second-order valence-electron chi connectivity index (χ2n) is 3.80. The van der Waals surface area contributed by atoms with Gasteiger partial charge in [-0.15, -0.1) is 0 Å². The van der Waals surface area contributed by atoms with Crippen molar-refractivity contribution in [2.24, 2.45) is 0 Å². The van der Waals surface area contributed by atoms with Crippen LogP contribution in [0.25, 0.3) is 0 Å². The lowest BCUT2D eigenvalue weighted by atomic mass is 10.0. The number of carboxylic acid groups (broad SMARTS) is 1. The van der Waals surface area contributed by atoms with E-state index in [1.54, 1.807) is 24.3 Å². The zero-order chi connectivity index (χ0) is 12.4. The van der Waals surface area contributed by atoms with Gasteiger partial charge in [-0.2, -0.15) is 0 Å². The number of hydrazine groups is 1. The van der Waals surface area contributed by atoms with Crippen LogP contribution in [-0.2, 0) is 4.79 Å². The van der Waals surface area contributed by atoms with Crippen LogP contribution in [0.3, 0.4) is 0 Å². The summed E-state index contributed by atoms with van der Waals surface area (Å²) in [6.45, 7) is 0. The summed E-state index contributed by atoms with van der Waals surface area (Å²) in [5.41, 5.74) is 2.79. The summed E-state index contributed by atoms with van der Waals surface area (Å²) < 4.78 is 0. The average molecular weight is 236 g/mol. The number of hydrogen-bond acceptors (Lipinski definition) is 3. The Balaban J connectivity index is 2.26. The fourth-order valence-corrected chi connectivity index (χ4v) is 1.93. The van der Waals surface area contributed by atoms with E-state index >= 15 is 0 Å². The molecule has 2 amide bonds. The Bertz CT molecular complexity index is 434. The van der Waals surface area contributed by atoms with Gasteiger partial charge in [0, 0.05) is 6.42 Å². The van der Waals surface area contributed by atoms with Gasteiger partial charge in [0.2, 0.25) is 0 Å². The van der Waals surface area contributed by atoms with E-state index < -0.39 is 24.1 Å². The third-order valence-electron chi connectivity index (χ3n) is 2.68. The predicted molar refractivity (Wildman–Crippen MR) is 57.8 cm³/mol. The van der Waals surface area contributed by atoms with E-state index in [1.165, 1.54) is 0 Å². The van der Waals surface area contributed by atoms with Crippen LogP contribution in [0.4, 0.5) is 4.79 Å². The van der Waals surface area contributed by atoms with Gasteiger partial charge in [0.05, 0.1) is 6.04 Å². The maximum absolute atomic E-state index is 11.6. The van der Waals surface area contributed by atoms with Gasteiger partial charge in [-0.1, -0.05) is 30.3 Å². The molecule has 1 heterocycles. The first-order valence-electron chi connectivity index (χ1n) is 5.15. The molecule has 0 aromatic heterocycles. The molecule has 1 aromatic carbocycles. The zero-order valence-corrected chi connectivity index (χ0v) is 8.91. The van der Waals surface area contributed by atoms with E-state index in [2.05, 4.69) is 0 Å². The van der Waals surface area contributed by atoms with E-state index in [-0.39, 0.29) is 6.42 Å². The smallest absolute Gasteiger partial charge is 0.423 e. The summed E-state index contributed by atoms with van der Waals surface area (Å²) in [5, 5.41) is 19.1. The SMILES string of the molecule is O=C(O)NN1C(=O)[C@H](O)C[C@H]1c1ccccc1. The normalized spacial score (nSPS) is 23.8. The fraction of sp³-hybridized carbons (Fsp3) is 0.273. The molecule has 90 valence electrons. The molecule has 0 saturated carbocycles. The topological polar surface area (TPSA) is 89.9 Å². The van der Waals surface area contributed by atoms with Crippen LogP contribution in [-0.4, -0.2) is 33.3 Å². The molecule has 6 nitrogen and oxygen atoms in total. The lowest BCUT2D eigenvalue weighted by Gasteiger charge is -2.23. The van der Waals surface area contributed by atoms with Crippen molar-refractivity contribution in [2.75, 3.05) is 0 Å². The minimum Gasteiger partial charge on any atom is -0.464 e. The van der Waals surface area contributed by atoms with E-state index in [0.29, 0.717) is 0 Å². The number of aliphatic hydroxyl groups is 1. The maximum atomic E-state index is 11.6. The number of nitrogens with one attached hydrogen (secondary N) is 1. The Morgan fingerprint density at radius 3 is 2.59 bits per heavy atom. The largest absolute Gasteiger partial charge is 0.464 e. The lowest BCUT2D eigenvalue weighted by Crippen LogP contribution is -2.45. The highest BCUT2D eigenvalue weighted by molar-refractivity contribution is 5.85. The van der Waals surface area contributed by atoms with Crippen molar-refractivity contribution < 1.29 is 19.8 Å². The molecule has 0 aliphatic carbocycles. The van der Waals surface area contributed by atoms with E-state index in [4.69, 9.17) is 5.11 Å². The number of amides is 2. The van der Waals surface area contributed by atoms with Crippen molar-refractivity contribution in [3.05, 3.63) is 35.9 Å². The quantitative estimate of drug-likeness (QED) is 0.697. The number of hydrogen-bond donors (Lipinski definition) is 3. The van der Waals surface area contributed by atoms with Gasteiger partial charge in [-0.05, 0) is 5.56 Å². The average Bonchev–Trinajstić information content (AvgIpc) is 2.58. The lowest BCUT2D eigenvalue weighted by molar-refractivity contribution is -0.137. The second kappa shape index (κ2) is 4.42. The molecular formula is C11H12N2O4. The second-order valence-corrected chi connectivity index (χ2v) is 3.80. The van der Waals surface area contributed by atoms with Gasteiger partial charge in [-0.25, -0.2) is 15.2 Å². The summed E-state index contributed by atoms with van der Waals surface area (Å²) >= 11 is 0. The molecule has 2 rings (SSSR count). The summed E-state index contributed by atoms with van der Waals surface area (Å²) in [6.07, 6.45) is -2.30. The van der Waals surface area contributed by atoms with Crippen molar-refractivity contribution in [2.45, 2.75) is 18.6 Å². The molecular weight excluding hydrogens is 224 g/mol. The van der Waals surface area contributed by atoms with Crippen molar-refractivity contribution in [1.29, 1.82) is 0 Å². The predicted octanol–water partition coefficient (Wildman–Crippen LogP) is 0.503. The van der Waals surface area contributed by atoms with Crippen LogP contribution in [0.1, 0.15) is 18.0 Å². The molecule has 1 fully saturated rings. The van der Waals surface area contributed by atoms with Crippen LogP contribution in [0.5, 0.6) is 0 Å². The first-order valence-corrected chi connectivity index (χ1v) is 5.15. The van der Waals surface area contributed by atoms with E-state index in [9.17, 15) is 14.7 Å². The molecule has 0 spiro atoms. The summed E-state index contributed by atoms with van der Waals surface area (Å²) in [5.74, 6) is -0.624. The molecule has 2 atom stereocenters. The maximum Gasteiger partial charge on any atom is 0.423 e. The minimum atomic E-state index is -1.33. The summed E-state index contributed by atoms with van der Waals surface area (Å²) in [4.78, 5) is 22.2. The Hall–Kier alpha value is -2.08. The van der Waals surface area contributed by atoms with E-state index in [1.807, 2.05) is 11.5 Å². The van der Waals surface area contributed by atoms with Gasteiger partial charge in [-0.3, -0.25) is 4.79 Å². The molecule has 3 N–H and O–H groups in total. The molecule has 17 heavy (non-hydrogen) atoms. The van der Waals surface area contributed by atoms with Crippen LogP contribution >= 0.6 is 0 Å². The number of carbonyl (C=O) groups is 2. The Morgan fingerprint density at radius 1 is 1.35 bits per heavy atom. The van der Waals surface area contributed by atoms with Crippen molar-refractivity contribution in [1.82, 2.24) is 10.4 Å². The highest BCUT2D eigenvalue weighted by Gasteiger charge is 2.40. The first kappa shape index (κ1) is 11.4. The number of benzene rings is 1. The highest BCUT2D eigenvalue weighted by atomic mass is 16.4. The molecule has 6 heteroatoms. The number of nitrogens with zero attached hydrogens (tertiary/aromatic N) is 1. The monoisotopic (exact) mass is 236 g/mol. The fourth-order valence-electron chi connectivity index (χ4n) is 1.93. The van der Waals surface area contributed by atoms with Gasteiger partial charge in [0.25, 0.3) is 5.91 Å². The molecule has 1 aliphatic heterocycles. The summed E-state index contributed by atoms with van der Waals surface area (Å²) in [7, 11) is 0. The van der Waals surface area contributed by atoms with Crippen molar-refractivity contribution in [3.8, 4) is 0 Å². The third kappa shape index (κ3) is 2.21. The van der Waals surface area contributed by atoms with Gasteiger partial charge in [0.1, 0.15) is 6.10 Å². The molecule has 0 radical (unpaired) electrons. The number of aliphatic hydroxyl groups excluding tert-OH is 1. The minimum absolute atomic E-state index is 0.184. The van der Waals surface area contributed by atoms with Gasteiger partial charge in [0.15, 0.2) is 0 Å². The van der Waals surface area contributed by atoms with Gasteiger partial charge < -0.3 is 10.2 Å². The third-order valence-corrected chi connectivity index (χ3v) is 2.68. The Kier molecular flexibility index (Phi) is 2.97. The molecule has 1 saturated heterocycles. The highest BCUT2D eigenvalue weighted by Crippen LogP contribution is 2.31.